The molecule has 5 nitrogen and oxygen atoms in total. The third-order valence-corrected chi connectivity index (χ3v) is 4.85. The highest BCUT2D eigenvalue weighted by Gasteiger charge is 2.25. The predicted octanol–water partition coefficient (Wildman–Crippen LogP) is 3.75. The molecule has 2 aromatic carbocycles. The van der Waals surface area contributed by atoms with Gasteiger partial charge in [0.15, 0.2) is 11.2 Å². The molecule has 3 aromatic rings. The number of hydrogen-bond acceptors (Lipinski definition) is 4. The van der Waals surface area contributed by atoms with Gasteiger partial charge in [-0.2, -0.15) is 0 Å². The van der Waals surface area contributed by atoms with Crippen molar-refractivity contribution in [3.05, 3.63) is 82.0 Å². The van der Waals surface area contributed by atoms with Crippen molar-refractivity contribution in [1.29, 1.82) is 0 Å². The van der Waals surface area contributed by atoms with Crippen LogP contribution in [0.25, 0.3) is 11.0 Å². The summed E-state index contributed by atoms with van der Waals surface area (Å²) < 4.78 is 24.7. The van der Waals surface area contributed by atoms with Gasteiger partial charge in [0, 0.05) is 25.8 Å². The van der Waals surface area contributed by atoms with Gasteiger partial charge < -0.3 is 14.1 Å². The van der Waals surface area contributed by atoms with Gasteiger partial charge in [0.25, 0.3) is 5.91 Å². The fraction of sp³-hybridized carbons (Fsp3) is 0.273. The molecule has 1 aliphatic heterocycles. The minimum Gasteiger partial charge on any atom is -0.451 e. The van der Waals surface area contributed by atoms with Gasteiger partial charge in [-0.05, 0) is 36.6 Å². The molecule has 1 saturated heterocycles. The Kier molecular flexibility index (Phi) is 5.21. The highest BCUT2D eigenvalue weighted by Crippen LogP contribution is 2.19. The normalized spacial score (nSPS) is 16.4. The average Bonchev–Trinajstić information content (AvgIpc) is 3.21. The highest BCUT2D eigenvalue weighted by molar-refractivity contribution is 5.93. The van der Waals surface area contributed by atoms with Crippen molar-refractivity contribution in [3.8, 4) is 0 Å². The van der Waals surface area contributed by atoms with Crippen molar-refractivity contribution in [3.63, 3.8) is 0 Å². The molecule has 1 atom stereocenters. The Morgan fingerprint density at radius 2 is 1.96 bits per heavy atom. The number of amides is 1. The van der Waals surface area contributed by atoms with Crippen molar-refractivity contribution in [2.24, 2.45) is 0 Å². The first-order chi connectivity index (χ1) is 13.6. The minimum atomic E-state index is -0.525. The summed E-state index contributed by atoms with van der Waals surface area (Å²) in [6, 6.07) is 14.4. The zero-order valence-electron chi connectivity index (χ0n) is 15.3. The number of rotatable bonds is 5. The zero-order valence-corrected chi connectivity index (χ0v) is 15.3. The van der Waals surface area contributed by atoms with Crippen LogP contribution >= 0.6 is 0 Å². The lowest BCUT2D eigenvalue weighted by atomic mass is 10.1. The van der Waals surface area contributed by atoms with E-state index in [0.29, 0.717) is 19.7 Å². The third kappa shape index (κ3) is 3.97. The monoisotopic (exact) mass is 381 g/mol. The van der Waals surface area contributed by atoms with E-state index < -0.39 is 11.2 Å². The second-order valence-electron chi connectivity index (χ2n) is 6.92. The van der Waals surface area contributed by atoms with Crippen LogP contribution in [0.1, 0.15) is 29.0 Å². The fourth-order valence-electron chi connectivity index (χ4n) is 3.45. The summed E-state index contributed by atoms with van der Waals surface area (Å²) >= 11 is 0. The average molecular weight is 381 g/mol. The summed E-state index contributed by atoms with van der Waals surface area (Å²) in [4.78, 5) is 27.2. The molecule has 0 spiro atoms. The van der Waals surface area contributed by atoms with E-state index in [0.717, 1.165) is 30.5 Å². The Bertz CT molecular complexity index is 1040. The van der Waals surface area contributed by atoms with Crippen LogP contribution in [0.4, 0.5) is 4.39 Å². The molecule has 0 radical (unpaired) electrons. The van der Waals surface area contributed by atoms with Crippen LogP contribution < -0.4 is 5.43 Å². The number of nitrogens with zero attached hydrogens (tertiary/aromatic N) is 1. The molecule has 0 N–H and O–H groups in total. The van der Waals surface area contributed by atoms with Crippen LogP contribution in [0, 0.1) is 5.82 Å². The van der Waals surface area contributed by atoms with Gasteiger partial charge in [-0.1, -0.05) is 30.3 Å². The Morgan fingerprint density at radius 1 is 1.14 bits per heavy atom. The van der Waals surface area contributed by atoms with E-state index in [1.54, 1.807) is 4.90 Å². The van der Waals surface area contributed by atoms with Crippen LogP contribution in [0.3, 0.4) is 0 Å². The maximum absolute atomic E-state index is 13.4. The first-order valence-electron chi connectivity index (χ1n) is 9.28. The third-order valence-electron chi connectivity index (χ3n) is 4.85. The largest absolute Gasteiger partial charge is 0.451 e. The van der Waals surface area contributed by atoms with Gasteiger partial charge in [-0.3, -0.25) is 9.59 Å². The van der Waals surface area contributed by atoms with Crippen LogP contribution in [-0.4, -0.2) is 30.1 Å². The molecule has 0 aliphatic carbocycles. The lowest BCUT2D eigenvalue weighted by molar-refractivity contribution is 0.0484. The first kappa shape index (κ1) is 18.4. The van der Waals surface area contributed by atoms with E-state index in [4.69, 9.17) is 9.15 Å². The van der Waals surface area contributed by atoms with Crippen LogP contribution in [0.5, 0.6) is 0 Å². The number of carbonyl (C=O) groups is 1. The lowest BCUT2D eigenvalue weighted by Crippen LogP contribution is -2.37. The van der Waals surface area contributed by atoms with Crippen molar-refractivity contribution < 1.29 is 18.3 Å². The summed E-state index contributed by atoms with van der Waals surface area (Å²) in [6.45, 7) is 1.48. The molecule has 0 saturated carbocycles. The molecule has 4 rings (SSSR count). The van der Waals surface area contributed by atoms with Gasteiger partial charge in [0.05, 0.1) is 11.5 Å². The van der Waals surface area contributed by atoms with Gasteiger partial charge >= 0.3 is 0 Å². The maximum Gasteiger partial charge on any atom is 0.290 e. The maximum atomic E-state index is 13.4. The molecule has 1 aliphatic rings. The van der Waals surface area contributed by atoms with Crippen molar-refractivity contribution in [2.45, 2.75) is 25.5 Å². The number of halogens is 1. The van der Waals surface area contributed by atoms with Gasteiger partial charge in [-0.15, -0.1) is 0 Å². The summed E-state index contributed by atoms with van der Waals surface area (Å²) in [5.41, 5.74) is 0.717. The number of fused-ring (bicyclic) bond motifs is 1. The van der Waals surface area contributed by atoms with Crippen LogP contribution in [-0.2, 0) is 11.3 Å². The Balaban J connectivity index is 1.66. The molecule has 144 valence electrons. The molecule has 2 heterocycles. The van der Waals surface area contributed by atoms with E-state index in [1.165, 1.54) is 12.1 Å². The topological polar surface area (TPSA) is 59.8 Å². The first-order valence-corrected chi connectivity index (χ1v) is 9.28. The molecule has 6 heteroatoms. The molecular formula is C22H20FNO4. The van der Waals surface area contributed by atoms with Crippen LogP contribution in [0.2, 0.25) is 0 Å². The standard InChI is InChI=1S/C22H20FNO4/c23-16-8-9-20-18(11-16)19(25)12-21(28-20)22(26)24(14-17-7-4-10-27-17)13-15-5-2-1-3-6-15/h1-3,5-6,8-9,11-12,17H,4,7,10,13-14H2. The van der Waals surface area contributed by atoms with Gasteiger partial charge in [0.2, 0.25) is 0 Å². The van der Waals surface area contributed by atoms with E-state index in [9.17, 15) is 14.0 Å². The van der Waals surface area contributed by atoms with E-state index in [2.05, 4.69) is 0 Å². The molecule has 1 unspecified atom stereocenters. The van der Waals surface area contributed by atoms with Gasteiger partial charge in [0.1, 0.15) is 11.4 Å². The van der Waals surface area contributed by atoms with Crippen molar-refractivity contribution in [2.75, 3.05) is 13.2 Å². The summed E-state index contributed by atoms with van der Waals surface area (Å²) in [5.74, 6) is -0.969. The Morgan fingerprint density at radius 3 is 2.71 bits per heavy atom. The molecule has 28 heavy (non-hydrogen) atoms. The van der Waals surface area contributed by atoms with Crippen LogP contribution in [0.15, 0.2) is 63.8 Å². The predicted molar refractivity (Wildman–Crippen MR) is 103 cm³/mol. The molecule has 1 aromatic heterocycles. The number of carbonyl (C=O) groups excluding carboxylic acids is 1. The second kappa shape index (κ2) is 7.94. The fourth-order valence-corrected chi connectivity index (χ4v) is 3.45. The Hall–Kier alpha value is -2.99. The van der Waals surface area contributed by atoms with Crippen molar-refractivity contribution >= 4 is 16.9 Å². The minimum absolute atomic E-state index is 0.0334. The van der Waals surface area contributed by atoms with E-state index in [-0.39, 0.29) is 28.7 Å². The second-order valence-corrected chi connectivity index (χ2v) is 6.92. The molecular weight excluding hydrogens is 361 g/mol. The van der Waals surface area contributed by atoms with Gasteiger partial charge in [-0.25, -0.2) is 4.39 Å². The molecule has 1 amide bonds. The van der Waals surface area contributed by atoms with Crippen molar-refractivity contribution in [1.82, 2.24) is 4.90 Å². The Labute approximate surface area is 161 Å². The summed E-state index contributed by atoms with van der Waals surface area (Å²) in [6.07, 6.45) is 1.82. The summed E-state index contributed by atoms with van der Waals surface area (Å²) in [7, 11) is 0. The lowest BCUT2D eigenvalue weighted by Gasteiger charge is -2.25. The molecule has 1 fully saturated rings. The summed E-state index contributed by atoms with van der Waals surface area (Å²) in [5, 5.41) is 0.116. The van der Waals surface area contributed by atoms with E-state index >= 15 is 0 Å². The number of hydrogen-bond donors (Lipinski definition) is 0. The quantitative estimate of drug-likeness (QED) is 0.675. The zero-order chi connectivity index (χ0) is 19.5. The number of benzene rings is 2. The SMILES string of the molecule is O=C(c1cc(=O)c2cc(F)ccc2o1)N(Cc1ccccc1)CC1CCCO1. The van der Waals surface area contributed by atoms with E-state index in [1.807, 2.05) is 30.3 Å². The highest BCUT2D eigenvalue weighted by atomic mass is 19.1. The molecule has 0 bridgehead atoms. The number of ether oxygens (including phenoxy) is 1. The smallest absolute Gasteiger partial charge is 0.290 e.